The van der Waals surface area contributed by atoms with Gasteiger partial charge in [-0.15, -0.1) is 5.10 Å². The molecule has 0 aliphatic rings. The SMILES string of the molecule is O=C(O)Cc1cnnn1-c1ccc(F)cc1F. The quantitative estimate of drug-likeness (QED) is 0.873. The van der Waals surface area contributed by atoms with E-state index in [0.29, 0.717) is 6.07 Å². The highest BCUT2D eigenvalue weighted by atomic mass is 19.1. The van der Waals surface area contributed by atoms with Crippen LogP contribution in [-0.2, 0) is 11.2 Å². The van der Waals surface area contributed by atoms with Crippen LogP contribution >= 0.6 is 0 Å². The maximum Gasteiger partial charge on any atom is 0.309 e. The molecule has 2 aromatic rings. The molecule has 0 aliphatic heterocycles. The summed E-state index contributed by atoms with van der Waals surface area (Å²) in [5.74, 6) is -2.63. The molecule has 1 aromatic carbocycles. The summed E-state index contributed by atoms with van der Waals surface area (Å²) in [4.78, 5) is 10.6. The Balaban J connectivity index is 2.46. The number of nitrogens with zero attached hydrogens (tertiary/aromatic N) is 3. The van der Waals surface area contributed by atoms with E-state index in [9.17, 15) is 13.6 Å². The second-order valence-corrected chi connectivity index (χ2v) is 3.30. The van der Waals surface area contributed by atoms with Gasteiger partial charge in [0.25, 0.3) is 0 Å². The minimum atomic E-state index is -1.09. The Bertz CT molecular complexity index is 568. The zero-order valence-electron chi connectivity index (χ0n) is 8.47. The van der Waals surface area contributed by atoms with E-state index >= 15 is 0 Å². The molecule has 0 saturated carbocycles. The Morgan fingerprint density at radius 3 is 2.82 bits per heavy atom. The van der Waals surface area contributed by atoms with Gasteiger partial charge in [-0.2, -0.15) is 0 Å². The summed E-state index contributed by atoms with van der Waals surface area (Å²) in [5, 5.41) is 15.7. The van der Waals surface area contributed by atoms with Crippen LogP contribution in [0.5, 0.6) is 0 Å². The highest BCUT2D eigenvalue weighted by molar-refractivity contribution is 5.69. The summed E-state index contributed by atoms with van der Waals surface area (Å²) in [6.45, 7) is 0. The number of carboxylic acids is 1. The fraction of sp³-hybridized carbons (Fsp3) is 0.100. The lowest BCUT2D eigenvalue weighted by Crippen LogP contribution is -2.09. The van der Waals surface area contributed by atoms with Gasteiger partial charge in [0.2, 0.25) is 0 Å². The van der Waals surface area contributed by atoms with E-state index in [1.54, 1.807) is 0 Å². The van der Waals surface area contributed by atoms with Crippen LogP contribution in [0.2, 0.25) is 0 Å². The molecule has 0 atom stereocenters. The summed E-state index contributed by atoms with van der Waals surface area (Å²) in [5.41, 5.74) is 0.170. The maximum absolute atomic E-state index is 13.5. The molecule has 0 amide bonds. The predicted molar refractivity (Wildman–Crippen MR) is 52.6 cm³/mol. The molecule has 0 unspecified atom stereocenters. The van der Waals surface area contributed by atoms with Gasteiger partial charge in [-0.1, -0.05) is 5.21 Å². The highest BCUT2D eigenvalue weighted by Crippen LogP contribution is 2.15. The van der Waals surface area contributed by atoms with Crippen LogP contribution in [0.4, 0.5) is 8.78 Å². The van der Waals surface area contributed by atoms with Crippen LogP contribution in [0.15, 0.2) is 24.4 Å². The maximum atomic E-state index is 13.5. The van der Waals surface area contributed by atoms with E-state index in [2.05, 4.69) is 10.3 Å². The van der Waals surface area contributed by atoms with Crippen molar-refractivity contribution in [2.24, 2.45) is 0 Å². The first-order chi connectivity index (χ1) is 8.08. The zero-order chi connectivity index (χ0) is 12.4. The molecule has 1 heterocycles. The minimum Gasteiger partial charge on any atom is -0.481 e. The highest BCUT2D eigenvalue weighted by Gasteiger charge is 2.13. The third-order valence-electron chi connectivity index (χ3n) is 2.09. The Labute approximate surface area is 94.3 Å². The standard InChI is InChI=1S/C10H7F2N3O2/c11-6-1-2-9(8(12)3-6)15-7(4-10(16)17)5-13-14-15/h1-3,5H,4H2,(H,16,17). The summed E-state index contributed by atoms with van der Waals surface area (Å²) < 4.78 is 27.2. The van der Waals surface area contributed by atoms with E-state index in [4.69, 9.17) is 5.11 Å². The average molecular weight is 239 g/mol. The summed E-state index contributed by atoms with van der Waals surface area (Å²) in [6, 6.07) is 2.93. The molecule has 0 spiro atoms. The van der Waals surface area contributed by atoms with Crippen LogP contribution in [0.3, 0.4) is 0 Å². The van der Waals surface area contributed by atoms with Crippen molar-refractivity contribution >= 4 is 5.97 Å². The van der Waals surface area contributed by atoms with E-state index < -0.39 is 17.6 Å². The molecule has 1 N–H and O–H groups in total. The Hall–Kier alpha value is -2.31. The molecule has 0 saturated heterocycles. The molecule has 2 rings (SSSR count). The number of hydrogen-bond donors (Lipinski definition) is 1. The first-order valence-corrected chi connectivity index (χ1v) is 4.64. The van der Waals surface area contributed by atoms with Crippen molar-refractivity contribution in [2.75, 3.05) is 0 Å². The number of benzene rings is 1. The Kier molecular flexibility index (Phi) is 2.82. The molecule has 1 aromatic heterocycles. The number of aliphatic carboxylic acids is 1. The van der Waals surface area contributed by atoms with Gasteiger partial charge in [0.05, 0.1) is 18.3 Å². The number of halogens is 2. The number of aromatic nitrogens is 3. The monoisotopic (exact) mass is 239 g/mol. The van der Waals surface area contributed by atoms with Gasteiger partial charge in [-0.25, -0.2) is 13.5 Å². The molecule has 0 aliphatic carbocycles. The van der Waals surface area contributed by atoms with E-state index in [0.717, 1.165) is 10.7 Å². The lowest BCUT2D eigenvalue weighted by molar-refractivity contribution is -0.136. The third-order valence-corrected chi connectivity index (χ3v) is 2.09. The molecule has 0 fully saturated rings. The van der Waals surface area contributed by atoms with Crippen molar-refractivity contribution in [2.45, 2.75) is 6.42 Å². The van der Waals surface area contributed by atoms with Crippen molar-refractivity contribution in [1.29, 1.82) is 0 Å². The van der Waals surface area contributed by atoms with Gasteiger partial charge < -0.3 is 5.11 Å². The lowest BCUT2D eigenvalue weighted by atomic mass is 10.2. The van der Waals surface area contributed by atoms with Gasteiger partial charge in [0.1, 0.15) is 11.5 Å². The molecule has 88 valence electrons. The van der Waals surface area contributed by atoms with Crippen molar-refractivity contribution in [1.82, 2.24) is 15.0 Å². The fourth-order valence-electron chi connectivity index (χ4n) is 1.39. The number of carboxylic acid groups (broad SMARTS) is 1. The minimum absolute atomic E-state index is 0.0415. The topological polar surface area (TPSA) is 68.0 Å². The molecule has 7 heteroatoms. The molecular weight excluding hydrogens is 232 g/mol. The van der Waals surface area contributed by atoms with Crippen LogP contribution < -0.4 is 0 Å². The van der Waals surface area contributed by atoms with Gasteiger partial charge in [-0.05, 0) is 12.1 Å². The second-order valence-electron chi connectivity index (χ2n) is 3.30. The third kappa shape index (κ3) is 2.27. The van der Waals surface area contributed by atoms with Gasteiger partial charge in [0, 0.05) is 6.07 Å². The van der Waals surface area contributed by atoms with Gasteiger partial charge in [-0.3, -0.25) is 4.79 Å². The molecule has 0 radical (unpaired) electrons. The lowest BCUT2D eigenvalue weighted by Gasteiger charge is -2.05. The van der Waals surface area contributed by atoms with E-state index in [-0.39, 0.29) is 17.8 Å². The summed E-state index contributed by atoms with van der Waals surface area (Å²) in [6.07, 6.45) is 0.876. The zero-order valence-corrected chi connectivity index (χ0v) is 8.47. The largest absolute Gasteiger partial charge is 0.481 e. The smallest absolute Gasteiger partial charge is 0.309 e. The van der Waals surface area contributed by atoms with Crippen molar-refractivity contribution < 1.29 is 18.7 Å². The van der Waals surface area contributed by atoms with Gasteiger partial charge in [0.15, 0.2) is 5.82 Å². The average Bonchev–Trinajstić information content (AvgIpc) is 2.65. The fourth-order valence-corrected chi connectivity index (χ4v) is 1.39. The van der Waals surface area contributed by atoms with Crippen molar-refractivity contribution in [3.63, 3.8) is 0 Å². The van der Waals surface area contributed by atoms with Crippen LogP contribution in [-0.4, -0.2) is 26.1 Å². The number of hydrogen-bond acceptors (Lipinski definition) is 3. The predicted octanol–water partition coefficient (Wildman–Crippen LogP) is 1.17. The summed E-state index contributed by atoms with van der Waals surface area (Å²) in [7, 11) is 0. The number of carbonyl (C=O) groups is 1. The van der Waals surface area contributed by atoms with Crippen molar-refractivity contribution in [3.05, 3.63) is 41.7 Å². The van der Waals surface area contributed by atoms with Crippen molar-refractivity contribution in [3.8, 4) is 5.69 Å². The number of rotatable bonds is 3. The molecule has 17 heavy (non-hydrogen) atoms. The van der Waals surface area contributed by atoms with Crippen LogP contribution in [0.1, 0.15) is 5.69 Å². The van der Waals surface area contributed by atoms with E-state index in [1.807, 2.05) is 0 Å². The summed E-state index contributed by atoms with van der Waals surface area (Å²) >= 11 is 0. The molecule has 0 bridgehead atoms. The Morgan fingerprint density at radius 1 is 1.41 bits per heavy atom. The molecule has 5 nitrogen and oxygen atoms in total. The normalized spacial score (nSPS) is 10.5. The van der Waals surface area contributed by atoms with E-state index in [1.165, 1.54) is 12.3 Å². The second kappa shape index (κ2) is 4.28. The molecular formula is C10H7F2N3O2. The van der Waals surface area contributed by atoms with Gasteiger partial charge >= 0.3 is 5.97 Å². The first-order valence-electron chi connectivity index (χ1n) is 4.64. The van der Waals surface area contributed by atoms with Crippen LogP contribution in [0.25, 0.3) is 5.69 Å². The first kappa shape index (κ1) is 11.2. The van der Waals surface area contributed by atoms with Crippen LogP contribution in [0, 0.1) is 11.6 Å². The Morgan fingerprint density at radius 2 is 2.18 bits per heavy atom.